The topological polar surface area (TPSA) is 30.5 Å². The van der Waals surface area contributed by atoms with Gasteiger partial charge in [-0.25, -0.2) is 0 Å². The Labute approximate surface area is 134 Å². The molecule has 114 valence electrons. The first-order valence-corrected chi connectivity index (χ1v) is 8.88. The molecular formula is C17H22BrNO2. The molecule has 0 amide bonds. The van der Waals surface area contributed by atoms with Crippen LogP contribution in [0.5, 0.6) is 11.5 Å². The molecule has 0 saturated carbocycles. The summed E-state index contributed by atoms with van der Waals surface area (Å²) in [5.74, 6) is 2.21. The van der Waals surface area contributed by atoms with E-state index in [1.165, 1.54) is 29.5 Å². The van der Waals surface area contributed by atoms with Gasteiger partial charge in [0.25, 0.3) is 0 Å². The van der Waals surface area contributed by atoms with Crippen molar-refractivity contribution in [3.05, 3.63) is 21.2 Å². The number of hydrogen-bond donors (Lipinski definition) is 1. The molecule has 3 nitrogen and oxygen atoms in total. The van der Waals surface area contributed by atoms with E-state index in [-0.39, 0.29) is 5.54 Å². The van der Waals surface area contributed by atoms with Crippen LogP contribution in [0.4, 0.5) is 0 Å². The zero-order valence-electron chi connectivity index (χ0n) is 12.6. The lowest BCUT2D eigenvalue weighted by Gasteiger charge is -2.36. The SMILES string of the molecule is CC1(c2c3c(c(Br)c4c2OCCC4)OCCC3)CCCN1. The lowest BCUT2D eigenvalue weighted by atomic mass is 9.81. The molecule has 1 N–H and O–H groups in total. The molecule has 3 heterocycles. The maximum atomic E-state index is 6.15. The summed E-state index contributed by atoms with van der Waals surface area (Å²) < 4.78 is 13.3. The van der Waals surface area contributed by atoms with Gasteiger partial charge in [-0.05, 0) is 67.9 Å². The van der Waals surface area contributed by atoms with Gasteiger partial charge in [0.2, 0.25) is 0 Å². The van der Waals surface area contributed by atoms with E-state index in [1.807, 2.05) is 0 Å². The molecule has 1 unspecified atom stereocenters. The lowest BCUT2D eigenvalue weighted by Crippen LogP contribution is -2.36. The van der Waals surface area contributed by atoms with Gasteiger partial charge in [0.1, 0.15) is 11.5 Å². The Hall–Kier alpha value is -0.740. The fourth-order valence-electron chi connectivity index (χ4n) is 4.08. The number of halogens is 1. The van der Waals surface area contributed by atoms with Gasteiger partial charge in [0, 0.05) is 22.2 Å². The van der Waals surface area contributed by atoms with Gasteiger partial charge in [-0.1, -0.05) is 0 Å². The van der Waals surface area contributed by atoms with Gasteiger partial charge in [-0.2, -0.15) is 0 Å². The predicted octanol–water partition coefficient (Wildman–Crippen LogP) is 3.70. The van der Waals surface area contributed by atoms with Crippen LogP contribution in [0.3, 0.4) is 0 Å². The third-order valence-corrected chi connectivity index (χ3v) is 5.94. The fourth-order valence-corrected chi connectivity index (χ4v) is 4.81. The smallest absolute Gasteiger partial charge is 0.137 e. The third-order valence-electron chi connectivity index (χ3n) is 5.10. The minimum Gasteiger partial charge on any atom is -0.493 e. The first-order chi connectivity index (χ1) is 10.2. The number of fused-ring (bicyclic) bond motifs is 2. The van der Waals surface area contributed by atoms with E-state index in [9.17, 15) is 0 Å². The summed E-state index contributed by atoms with van der Waals surface area (Å²) >= 11 is 3.79. The van der Waals surface area contributed by atoms with Crippen molar-refractivity contribution in [2.75, 3.05) is 19.8 Å². The van der Waals surface area contributed by atoms with Crippen LogP contribution in [0.15, 0.2) is 4.47 Å². The monoisotopic (exact) mass is 351 g/mol. The Kier molecular flexibility index (Phi) is 3.42. The minimum atomic E-state index is 0.0346. The zero-order chi connectivity index (χ0) is 14.4. The molecule has 0 radical (unpaired) electrons. The Morgan fingerprint density at radius 2 is 1.71 bits per heavy atom. The normalized spacial score (nSPS) is 27.5. The molecule has 0 aliphatic carbocycles. The van der Waals surface area contributed by atoms with Gasteiger partial charge in [0.15, 0.2) is 0 Å². The van der Waals surface area contributed by atoms with Crippen molar-refractivity contribution in [2.45, 2.75) is 51.0 Å². The molecule has 3 aliphatic rings. The van der Waals surface area contributed by atoms with Crippen LogP contribution in [-0.2, 0) is 18.4 Å². The van der Waals surface area contributed by atoms with E-state index >= 15 is 0 Å². The second-order valence-corrected chi connectivity index (χ2v) is 7.36. The van der Waals surface area contributed by atoms with Crippen LogP contribution in [0, 0.1) is 0 Å². The second-order valence-electron chi connectivity index (χ2n) is 6.57. The molecule has 0 spiro atoms. The van der Waals surface area contributed by atoms with Crippen molar-refractivity contribution in [3.8, 4) is 11.5 Å². The summed E-state index contributed by atoms with van der Waals surface area (Å²) in [7, 11) is 0. The number of hydrogen-bond acceptors (Lipinski definition) is 3. The van der Waals surface area contributed by atoms with E-state index < -0.39 is 0 Å². The number of ether oxygens (including phenoxy) is 2. The lowest BCUT2D eigenvalue weighted by molar-refractivity contribution is 0.256. The highest BCUT2D eigenvalue weighted by Crippen LogP contribution is 2.51. The number of rotatable bonds is 1. The summed E-state index contributed by atoms with van der Waals surface area (Å²) in [6.45, 7) is 5.09. The average Bonchev–Trinajstić information content (AvgIpc) is 2.95. The predicted molar refractivity (Wildman–Crippen MR) is 86.4 cm³/mol. The molecule has 1 atom stereocenters. The molecular weight excluding hydrogens is 330 g/mol. The summed E-state index contributed by atoms with van der Waals surface area (Å²) in [6.07, 6.45) is 6.77. The molecule has 4 rings (SSSR count). The molecule has 21 heavy (non-hydrogen) atoms. The quantitative estimate of drug-likeness (QED) is 0.836. The number of benzene rings is 1. The van der Waals surface area contributed by atoms with E-state index in [0.717, 1.165) is 61.4 Å². The standard InChI is InChI=1S/C17H22BrNO2/c1-17(7-4-8-19-17)13-11-5-2-10-21-16(11)14(18)12-6-3-9-20-15(12)13/h19H,2-10H2,1H3. The Morgan fingerprint density at radius 3 is 2.43 bits per heavy atom. The highest BCUT2D eigenvalue weighted by Gasteiger charge is 2.39. The Balaban J connectivity index is 1.98. The van der Waals surface area contributed by atoms with Crippen LogP contribution in [0.1, 0.15) is 49.3 Å². The zero-order valence-corrected chi connectivity index (χ0v) is 14.1. The molecule has 0 bridgehead atoms. The molecule has 1 saturated heterocycles. The summed E-state index contributed by atoms with van der Waals surface area (Å²) in [5, 5.41) is 3.72. The molecule has 0 aromatic heterocycles. The molecule has 4 heteroatoms. The van der Waals surface area contributed by atoms with Crippen LogP contribution < -0.4 is 14.8 Å². The van der Waals surface area contributed by atoms with Crippen LogP contribution >= 0.6 is 15.9 Å². The van der Waals surface area contributed by atoms with Gasteiger partial charge in [-0.15, -0.1) is 0 Å². The number of nitrogens with one attached hydrogen (secondary N) is 1. The van der Waals surface area contributed by atoms with Crippen molar-refractivity contribution in [2.24, 2.45) is 0 Å². The summed E-state index contributed by atoms with van der Waals surface area (Å²) in [6, 6.07) is 0. The fraction of sp³-hybridized carbons (Fsp3) is 0.647. The van der Waals surface area contributed by atoms with Crippen molar-refractivity contribution in [3.63, 3.8) is 0 Å². The maximum absolute atomic E-state index is 6.15. The molecule has 1 fully saturated rings. The molecule has 1 aromatic carbocycles. The largest absolute Gasteiger partial charge is 0.493 e. The van der Waals surface area contributed by atoms with Crippen molar-refractivity contribution in [1.82, 2.24) is 5.32 Å². The van der Waals surface area contributed by atoms with E-state index in [4.69, 9.17) is 9.47 Å². The van der Waals surface area contributed by atoms with Crippen molar-refractivity contribution < 1.29 is 9.47 Å². The Morgan fingerprint density at radius 1 is 1.00 bits per heavy atom. The molecule has 1 aromatic rings. The summed E-state index contributed by atoms with van der Waals surface area (Å²) in [5.41, 5.74) is 4.09. The van der Waals surface area contributed by atoms with Crippen LogP contribution in [0.25, 0.3) is 0 Å². The van der Waals surface area contributed by atoms with Crippen LogP contribution in [0.2, 0.25) is 0 Å². The Bertz CT molecular complexity index is 542. The molecule has 3 aliphatic heterocycles. The van der Waals surface area contributed by atoms with Gasteiger partial charge < -0.3 is 14.8 Å². The highest BCUT2D eigenvalue weighted by atomic mass is 79.9. The average molecular weight is 352 g/mol. The third kappa shape index (κ3) is 2.10. The first-order valence-electron chi connectivity index (χ1n) is 8.09. The second kappa shape index (κ2) is 5.17. The first kappa shape index (κ1) is 13.9. The van der Waals surface area contributed by atoms with Crippen molar-refractivity contribution in [1.29, 1.82) is 0 Å². The maximum Gasteiger partial charge on any atom is 0.137 e. The van der Waals surface area contributed by atoms with E-state index in [0.29, 0.717) is 0 Å². The van der Waals surface area contributed by atoms with E-state index in [1.54, 1.807) is 0 Å². The van der Waals surface area contributed by atoms with Crippen molar-refractivity contribution >= 4 is 15.9 Å². The van der Waals surface area contributed by atoms with Gasteiger partial charge in [0.05, 0.1) is 17.7 Å². The summed E-state index contributed by atoms with van der Waals surface area (Å²) in [4.78, 5) is 0. The minimum absolute atomic E-state index is 0.0346. The van der Waals surface area contributed by atoms with Gasteiger partial charge >= 0.3 is 0 Å². The van der Waals surface area contributed by atoms with E-state index in [2.05, 4.69) is 28.2 Å². The van der Waals surface area contributed by atoms with Crippen LogP contribution in [-0.4, -0.2) is 19.8 Å². The highest BCUT2D eigenvalue weighted by molar-refractivity contribution is 9.10. The van der Waals surface area contributed by atoms with Gasteiger partial charge in [-0.3, -0.25) is 0 Å².